The quantitative estimate of drug-likeness (QED) is 0.641. The van der Waals surface area contributed by atoms with Crippen LogP contribution >= 0.6 is 0 Å². The summed E-state index contributed by atoms with van der Waals surface area (Å²) >= 11 is 0. The summed E-state index contributed by atoms with van der Waals surface area (Å²) in [5.74, 6) is -0.359. The van der Waals surface area contributed by atoms with Crippen LogP contribution in [-0.4, -0.2) is 35.9 Å². The SMILES string of the molecule is CCOC(=O)c1cnc2cc(B3OC(C)(C)C(C)(C)O3)ccc2c1. The van der Waals surface area contributed by atoms with Crippen molar-refractivity contribution in [1.82, 2.24) is 4.98 Å². The average Bonchev–Trinajstić information content (AvgIpc) is 2.74. The number of esters is 1. The van der Waals surface area contributed by atoms with Crippen molar-refractivity contribution in [2.24, 2.45) is 0 Å². The second-order valence-corrected chi connectivity index (χ2v) is 6.98. The summed E-state index contributed by atoms with van der Waals surface area (Å²) in [6.07, 6.45) is 1.54. The summed E-state index contributed by atoms with van der Waals surface area (Å²) in [6, 6.07) is 7.59. The Morgan fingerprint density at radius 2 is 1.83 bits per heavy atom. The maximum absolute atomic E-state index is 11.8. The van der Waals surface area contributed by atoms with Crippen molar-refractivity contribution in [3.05, 3.63) is 36.0 Å². The molecule has 0 N–H and O–H groups in total. The van der Waals surface area contributed by atoms with Gasteiger partial charge in [-0.15, -0.1) is 0 Å². The predicted octanol–water partition coefficient (Wildman–Crippen LogP) is 2.71. The Bertz CT molecular complexity index is 772. The van der Waals surface area contributed by atoms with E-state index < -0.39 is 7.12 Å². The Kier molecular flexibility index (Phi) is 4.14. The highest BCUT2D eigenvalue weighted by Crippen LogP contribution is 2.36. The van der Waals surface area contributed by atoms with Gasteiger partial charge >= 0.3 is 13.1 Å². The van der Waals surface area contributed by atoms with Gasteiger partial charge in [-0.2, -0.15) is 0 Å². The third kappa shape index (κ3) is 2.92. The van der Waals surface area contributed by atoms with Crippen molar-refractivity contribution >= 4 is 29.5 Å². The van der Waals surface area contributed by atoms with E-state index in [1.807, 2.05) is 45.9 Å². The molecule has 6 heteroatoms. The number of rotatable bonds is 3. The van der Waals surface area contributed by atoms with E-state index in [1.54, 1.807) is 13.0 Å². The standard InChI is InChI=1S/C18H22BNO4/c1-6-22-16(21)13-9-12-7-8-14(10-15(12)20-11-13)19-23-17(2,3)18(4,5)24-19/h7-11H,6H2,1-5H3. The summed E-state index contributed by atoms with van der Waals surface area (Å²) in [7, 11) is -0.425. The normalized spacial score (nSPS) is 18.8. The fraction of sp³-hybridized carbons (Fsp3) is 0.444. The Morgan fingerprint density at radius 1 is 1.17 bits per heavy atom. The van der Waals surface area contributed by atoms with Crippen LogP contribution in [-0.2, 0) is 14.0 Å². The highest BCUT2D eigenvalue weighted by Gasteiger charge is 2.51. The van der Waals surface area contributed by atoms with Gasteiger partial charge in [0.25, 0.3) is 0 Å². The van der Waals surface area contributed by atoms with Crippen LogP contribution in [0.15, 0.2) is 30.5 Å². The van der Waals surface area contributed by atoms with E-state index in [1.165, 1.54) is 6.20 Å². The first-order valence-corrected chi connectivity index (χ1v) is 8.16. The molecule has 2 aromatic rings. The zero-order valence-corrected chi connectivity index (χ0v) is 14.8. The Balaban J connectivity index is 1.90. The smallest absolute Gasteiger partial charge is 0.462 e. The molecule has 1 aliphatic rings. The van der Waals surface area contributed by atoms with Crippen LogP contribution in [0.5, 0.6) is 0 Å². The number of carbonyl (C=O) groups is 1. The van der Waals surface area contributed by atoms with E-state index in [0.29, 0.717) is 12.2 Å². The predicted molar refractivity (Wildman–Crippen MR) is 93.4 cm³/mol. The second kappa shape index (κ2) is 5.86. The number of nitrogens with zero attached hydrogens (tertiary/aromatic N) is 1. The molecule has 0 bridgehead atoms. The first-order chi connectivity index (χ1) is 11.2. The van der Waals surface area contributed by atoms with Crippen LogP contribution in [0.2, 0.25) is 0 Å². The van der Waals surface area contributed by atoms with Crippen molar-refractivity contribution in [3.8, 4) is 0 Å². The summed E-state index contributed by atoms with van der Waals surface area (Å²) in [6.45, 7) is 10.2. The summed E-state index contributed by atoms with van der Waals surface area (Å²) in [5, 5.41) is 0.876. The lowest BCUT2D eigenvalue weighted by atomic mass is 9.78. The van der Waals surface area contributed by atoms with E-state index in [-0.39, 0.29) is 17.2 Å². The van der Waals surface area contributed by atoms with Crippen molar-refractivity contribution in [2.45, 2.75) is 45.8 Å². The zero-order valence-electron chi connectivity index (χ0n) is 14.8. The zero-order chi connectivity index (χ0) is 17.5. The number of carbonyl (C=O) groups excluding carboxylic acids is 1. The highest BCUT2D eigenvalue weighted by atomic mass is 16.7. The van der Waals surface area contributed by atoms with Crippen LogP contribution < -0.4 is 5.46 Å². The molecule has 2 heterocycles. The lowest BCUT2D eigenvalue weighted by Gasteiger charge is -2.32. The molecule has 5 nitrogen and oxygen atoms in total. The van der Waals surface area contributed by atoms with Crippen molar-refractivity contribution in [2.75, 3.05) is 6.61 Å². The van der Waals surface area contributed by atoms with Crippen molar-refractivity contribution in [3.63, 3.8) is 0 Å². The minimum Gasteiger partial charge on any atom is -0.462 e. The summed E-state index contributed by atoms with van der Waals surface area (Å²) in [5.41, 5.74) is 1.39. The topological polar surface area (TPSA) is 57.7 Å². The van der Waals surface area contributed by atoms with Gasteiger partial charge in [0, 0.05) is 11.6 Å². The maximum Gasteiger partial charge on any atom is 0.494 e. The van der Waals surface area contributed by atoms with E-state index in [9.17, 15) is 4.79 Å². The molecule has 3 rings (SSSR count). The molecule has 0 radical (unpaired) electrons. The van der Waals surface area contributed by atoms with Gasteiger partial charge in [0.1, 0.15) is 0 Å². The molecule has 1 saturated heterocycles. The minimum atomic E-state index is -0.425. The number of aromatic nitrogens is 1. The third-order valence-electron chi connectivity index (χ3n) is 4.74. The first kappa shape index (κ1) is 16.9. The van der Waals surface area contributed by atoms with Crippen LogP contribution in [0.3, 0.4) is 0 Å². The van der Waals surface area contributed by atoms with Gasteiger partial charge in [0.2, 0.25) is 0 Å². The number of hydrogen-bond acceptors (Lipinski definition) is 5. The number of pyridine rings is 1. The molecular formula is C18H22BNO4. The lowest BCUT2D eigenvalue weighted by molar-refractivity contribution is 0.00578. The van der Waals surface area contributed by atoms with Gasteiger partial charge in [-0.05, 0) is 52.2 Å². The van der Waals surface area contributed by atoms with Gasteiger partial charge in [0.05, 0.1) is 28.9 Å². The molecule has 1 aliphatic heterocycles. The lowest BCUT2D eigenvalue weighted by Crippen LogP contribution is -2.41. The number of benzene rings is 1. The largest absolute Gasteiger partial charge is 0.494 e. The highest BCUT2D eigenvalue weighted by molar-refractivity contribution is 6.62. The molecule has 0 atom stereocenters. The molecule has 0 amide bonds. The molecule has 0 spiro atoms. The Labute approximate surface area is 142 Å². The maximum atomic E-state index is 11.8. The van der Waals surface area contributed by atoms with Gasteiger partial charge < -0.3 is 14.0 Å². The van der Waals surface area contributed by atoms with Gasteiger partial charge in [0.15, 0.2) is 0 Å². The minimum absolute atomic E-state index is 0.345. The van der Waals surface area contributed by atoms with Crippen LogP contribution in [0.1, 0.15) is 45.0 Å². The fourth-order valence-corrected chi connectivity index (χ4v) is 2.59. The van der Waals surface area contributed by atoms with Gasteiger partial charge in [-0.1, -0.05) is 12.1 Å². The van der Waals surface area contributed by atoms with E-state index >= 15 is 0 Å². The third-order valence-corrected chi connectivity index (χ3v) is 4.74. The first-order valence-electron chi connectivity index (χ1n) is 8.16. The number of ether oxygens (including phenoxy) is 1. The van der Waals surface area contributed by atoms with Crippen molar-refractivity contribution in [1.29, 1.82) is 0 Å². The second-order valence-electron chi connectivity index (χ2n) is 6.98. The van der Waals surface area contributed by atoms with Gasteiger partial charge in [-0.3, -0.25) is 4.98 Å². The van der Waals surface area contributed by atoms with E-state index in [0.717, 1.165) is 16.4 Å². The van der Waals surface area contributed by atoms with Crippen LogP contribution in [0.25, 0.3) is 10.9 Å². The molecule has 126 valence electrons. The molecule has 0 unspecified atom stereocenters. The Morgan fingerprint density at radius 3 is 2.46 bits per heavy atom. The van der Waals surface area contributed by atoms with Crippen LogP contribution in [0.4, 0.5) is 0 Å². The van der Waals surface area contributed by atoms with E-state index in [4.69, 9.17) is 14.0 Å². The average molecular weight is 327 g/mol. The van der Waals surface area contributed by atoms with Crippen LogP contribution in [0, 0.1) is 0 Å². The molecule has 0 saturated carbocycles. The molecule has 1 fully saturated rings. The van der Waals surface area contributed by atoms with Gasteiger partial charge in [-0.25, -0.2) is 4.79 Å². The Hall–Kier alpha value is -1.92. The number of fused-ring (bicyclic) bond motifs is 1. The summed E-state index contributed by atoms with van der Waals surface area (Å²) in [4.78, 5) is 16.2. The van der Waals surface area contributed by atoms with Crippen molar-refractivity contribution < 1.29 is 18.8 Å². The molecule has 1 aromatic heterocycles. The molecular weight excluding hydrogens is 305 g/mol. The monoisotopic (exact) mass is 327 g/mol. The fourth-order valence-electron chi connectivity index (χ4n) is 2.59. The molecule has 1 aromatic carbocycles. The van der Waals surface area contributed by atoms with E-state index in [2.05, 4.69) is 4.98 Å². The molecule has 24 heavy (non-hydrogen) atoms. The molecule has 0 aliphatic carbocycles. The number of hydrogen-bond donors (Lipinski definition) is 0. The summed E-state index contributed by atoms with van der Waals surface area (Å²) < 4.78 is 17.1.